The van der Waals surface area contributed by atoms with Crippen LogP contribution in [-0.4, -0.2) is 29.8 Å². The molecule has 14 heavy (non-hydrogen) atoms. The van der Waals surface area contributed by atoms with E-state index in [-0.39, 0.29) is 5.60 Å². The van der Waals surface area contributed by atoms with Gasteiger partial charge in [-0.05, 0) is 27.7 Å². The van der Waals surface area contributed by atoms with Crippen LogP contribution in [0.5, 0.6) is 0 Å². The highest BCUT2D eigenvalue weighted by molar-refractivity contribution is 5.95. The van der Waals surface area contributed by atoms with Gasteiger partial charge in [0.25, 0.3) is 0 Å². The Kier molecular flexibility index (Phi) is 2.80. The highest BCUT2D eigenvalue weighted by Crippen LogP contribution is 2.15. The molecule has 1 saturated heterocycles. The number of ether oxygens (including phenoxy) is 2. The summed E-state index contributed by atoms with van der Waals surface area (Å²) in [5.74, 6) is -0.577. The number of carbonyl (C=O) groups excluding carboxylic acids is 2. The fraction of sp³-hybridized carbons (Fsp3) is 0.778. The number of cyclic esters (lactones) is 2. The molecule has 0 bridgehead atoms. The van der Waals surface area contributed by atoms with Crippen molar-refractivity contribution in [3.8, 4) is 0 Å². The molecule has 0 aromatic heterocycles. The summed E-state index contributed by atoms with van der Waals surface area (Å²) in [4.78, 5) is 21.9. The Balaban J connectivity index is 2.57. The second-order valence-electron chi connectivity index (χ2n) is 4.27. The minimum Gasteiger partial charge on any atom is -0.375 e. The third kappa shape index (κ3) is 2.70. The number of hydrogen-bond acceptors (Lipinski definition) is 4. The fourth-order valence-corrected chi connectivity index (χ4v) is 1.30. The monoisotopic (exact) mass is 201 g/mol. The topological polar surface area (TPSA) is 64.6 Å². The van der Waals surface area contributed by atoms with Crippen LogP contribution in [-0.2, 0) is 14.3 Å². The van der Waals surface area contributed by atoms with E-state index >= 15 is 0 Å². The fourth-order valence-electron chi connectivity index (χ4n) is 1.30. The van der Waals surface area contributed by atoms with Crippen LogP contribution in [0.1, 0.15) is 27.7 Å². The van der Waals surface area contributed by atoms with Crippen molar-refractivity contribution in [2.24, 2.45) is 0 Å². The molecule has 0 aliphatic carbocycles. The average Bonchev–Trinajstić information content (AvgIpc) is 2.26. The van der Waals surface area contributed by atoms with Crippen LogP contribution in [0.15, 0.2) is 0 Å². The molecule has 1 aliphatic heterocycles. The molecule has 1 amide bonds. The zero-order valence-electron chi connectivity index (χ0n) is 8.79. The number of rotatable bonds is 2. The molecular formula is C9H15NO4. The third-order valence-corrected chi connectivity index (χ3v) is 1.73. The second kappa shape index (κ2) is 3.57. The number of esters is 1. The zero-order chi connectivity index (χ0) is 10.9. The molecule has 1 heterocycles. The molecule has 1 N–H and O–H groups in total. The van der Waals surface area contributed by atoms with Gasteiger partial charge in [-0.3, -0.25) is 0 Å². The lowest BCUT2D eigenvalue weighted by Gasteiger charge is -2.26. The van der Waals surface area contributed by atoms with Gasteiger partial charge in [0.05, 0.1) is 11.7 Å². The van der Waals surface area contributed by atoms with Crippen molar-refractivity contribution in [3.05, 3.63) is 0 Å². The van der Waals surface area contributed by atoms with Crippen LogP contribution < -0.4 is 5.32 Å². The van der Waals surface area contributed by atoms with Gasteiger partial charge in [0, 0.05) is 0 Å². The predicted octanol–water partition coefficient (Wildman–Crippen LogP) is 0.825. The summed E-state index contributed by atoms with van der Waals surface area (Å²) < 4.78 is 9.87. The summed E-state index contributed by atoms with van der Waals surface area (Å²) in [6.07, 6.45) is -1.10. The van der Waals surface area contributed by atoms with Crippen molar-refractivity contribution in [3.63, 3.8) is 0 Å². The average molecular weight is 201 g/mol. The summed E-state index contributed by atoms with van der Waals surface area (Å²) in [6, 6.07) is -0.693. The van der Waals surface area contributed by atoms with E-state index in [0.717, 1.165) is 0 Å². The third-order valence-electron chi connectivity index (χ3n) is 1.73. The molecule has 80 valence electrons. The Labute approximate surface area is 82.8 Å². The normalized spacial score (nSPS) is 24.4. The SMILES string of the molecule is CC(OC(C)(C)C)[C@@H]1NC(=O)OC1=O. The highest BCUT2D eigenvalue weighted by Gasteiger charge is 2.38. The van der Waals surface area contributed by atoms with E-state index in [1.54, 1.807) is 6.92 Å². The molecule has 5 nitrogen and oxygen atoms in total. The Morgan fingerprint density at radius 1 is 1.43 bits per heavy atom. The standard InChI is InChI=1S/C9H15NO4/c1-5(14-9(2,3)4)6-7(11)13-8(12)10-6/h5-6H,1-4H3,(H,10,12)/t5?,6-/m0/s1. The molecule has 1 rings (SSSR count). The number of nitrogens with one attached hydrogen (secondary N) is 1. The highest BCUT2D eigenvalue weighted by atomic mass is 16.6. The van der Waals surface area contributed by atoms with Crippen LogP contribution >= 0.6 is 0 Å². The molecule has 0 aromatic rings. The van der Waals surface area contributed by atoms with Crippen molar-refractivity contribution < 1.29 is 19.1 Å². The smallest absolute Gasteiger partial charge is 0.375 e. The Bertz CT molecular complexity index is 256. The maximum absolute atomic E-state index is 11.1. The Morgan fingerprint density at radius 2 is 2.00 bits per heavy atom. The van der Waals surface area contributed by atoms with Gasteiger partial charge in [0.1, 0.15) is 0 Å². The first-order chi connectivity index (χ1) is 6.29. The van der Waals surface area contributed by atoms with E-state index in [9.17, 15) is 9.59 Å². The van der Waals surface area contributed by atoms with E-state index < -0.39 is 24.2 Å². The lowest BCUT2D eigenvalue weighted by molar-refractivity contribution is -0.141. The molecule has 2 atom stereocenters. The first-order valence-corrected chi connectivity index (χ1v) is 4.49. The molecule has 1 unspecified atom stereocenters. The first-order valence-electron chi connectivity index (χ1n) is 4.49. The van der Waals surface area contributed by atoms with E-state index in [0.29, 0.717) is 0 Å². The molecule has 0 saturated carbocycles. The van der Waals surface area contributed by atoms with Gasteiger partial charge >= 0.3 is 12.1 Å². The number of hydrogen-bond donors (Lipinski definition) is 1. The maximum Gasteiger partial charge on any atom is 0.415 e. The molecule has 1 aliphatic rings. The Morgan fingerprint density at radius 3 is 2.36 bits per heavy atom. The molecule has 0 aromatic carbocycles. The quantitative estimate of drug-likeness (QED) is 0.530. The van der Waals surface area contributed by atoms with Crippen molar-refractivity contribution in [1.82, 2.24) is 5.32 Å². The van der Waals surface area contributed by atoms with E-state index in [4.69, 9.17) is 4.74 Å². The van der Waals surface area contributed by atoms with E-state index in [1.165, 1.54) is 0 Å². The summed E-state index contributed by atoms with van der Waals surface area (Å²) >= 11 is 0. The van der Waals surface area contributed by atoms with E-state index in [1.807, 2.05) is 20.8 Å². The largest absolute Gasteiger partial charge is 0.415 e. The molecular weight excluding hydrogens is 186 g/mol. The zero-order valence-corrected chi connectivity index (χ0v) is 8.79. The predicted molar refractivity (Wildman–Crippen MR) is 48.7 cm³/mol. The van der Waals surface area contributed by atoms with Crippen LogP contribution in [0.25, 0.3) is 0 Å². The summed E-state index contributed by atoms with van der Waals surface area (Å²) in [6.45, 7) is 7.37. The summed E-state index contributed by atoms with van der Waals surface area (Å²) in [5.41, 5.74) is -0.354. The van der Waals surface area contributed by atoms with Gasteiger partial charge < -0.3 is 14.8 Å². The number of carbonyl (C=O) groups is 2. The molecule has 1 fully saturated rings. The molecule has 5 heteroatoms. The maximum atomic E-state index is 11.1. The summed E-state index contributed by atoms with van der Waals surface area (Å²) in [5, 5.41) is 2.39. The minimum atomic E-state index is -0.704. The minimum absolute atomic E-state index is 0.354. The first kappa shape index (κ1) is 11.0. The second-order valence-corrected chi connectivity index (χ2v) is 4.27. The van der Waals surface area contributed by atoms with Crippen molar-refractivity contribution in [2.75, 3.05) is 0 Å². The number of amides is 1. The Hall–Kier alpha value is -1.10. The lowest BCUT2D eigenvalue weighted by Crippen LogP contribution is -2.43. The van der Waals surface area contributed by atoms with Gasteiger partial charge in [-0.2, -0.15) is 0 Å². The van der Waals surface area contributed by atoms with Gasteiger partial charge in [-0.25, -0.2) is 9.59 Å². The number of alkyl carbamates (subject to hydrolysis) is 1. The van der Waals surface area contributed by atoms with Crippen molar-refractivity contribution in [1.29, 1.82) is 0 Å². The van der Waals surface area contributed by atoms with Crippen LogP contribution in [0, 0.1) is 0 Å². The molecule has 0 spiro atoms. The van der Waals surface area contributed by atoms with E-state index in [2.05, 4.69) is 10.1 Å². The van der Waals surface area contributed by atoms with Gasteiger partial charge in [0.15, 0.2) is 6.04 Å². The molecule has 0 radical (unpaired) electrons. The summed E-state index contributed by atoms with van der Waals surface area (Å²) in [7, 11) is 0. The van der Waals surface area contributed by atoms with Crippen LogP contribution in [0.4, 0.5) is 4.79 Å². The van der Waals surface area contributed by atoms with Gasteiger partial charge in [-0.1, -0.05) is 0 Å². The van der Waals surface area contributed by atoms with Crippen molar-refractivity contribution in [2.45, 2.75) is 45.4 Å². The van der Waals surface area contributed by atoms with Gasteiger partial charge in [0.2, 0.25) is 0 Å². The van der Waals surface area contributed by atoms with Gasteiger partial charge in [-0.15, -0.1) is 0 Å². The van der Waals surface area contributed by atoms with Crippen LogP contribution in [0.2, 0.25) is 0 Å². The van der Waals surface area contributed by atoms with Crippen molar-refractivity contribution >= 4 is 12.1 Å². The lowest BCUT2D eigenvalue weighted by atomic mass is 10.1. The van der Waals surface area contributed by atoms with Crippen LogP contribution in [0.3, 0.4) is 0 Å².